The maximum Gasteiger partial charge on any atom is 0.251 e. The minimum Gasteiger partial charge on any atom is -0.390 e. The molecule has 0 aromatic heterocycles. The fourth-order valence-corrected chi connectivity index (χ4v) is 2.67. The van der Waals surface area contributed by atoms with Crippen molar-refractivity contribution in [2.45, 2.75) is 38.7 Å². The Morgan fingerprint density at radius 3 is 2.68 bits per heavy atom. The van der Waals surface area contributed by atoms with Gasteiger partial charge in [0.1, 0.15) is 0 Å². The number of morpholine rings is 1. The van der Waals surface area contributed by atoms with Crippen molar-refractivity contribution in [1.29, 1.82) is 0 Å². The lowest BCUT2D eigenvalue weighted by Gasteiger charge is -2.26. The topological polar surface area (TPSA) is 78.9 Å². The number of benzene rings is 1. The zero-order valence-electron chi connectivity index (χ0n) is 15.1. The molecule has 0 atom stereocenters. The molecular weight excluding hydrogens is 320 g/mol. The van der Waals surface area contributed by atoms with Crippen molar-refractivity contribution in [3.8, 4) is 0 Å². The van der Waals surface area contributed by atoms with Crippen molar-refractivity contribution in [3.63, 3.8) is 0 Å². The lowest BCUT2D eigenvalue weighted by Crippen LogP contribution is -2.42. The van der Waals surface area contributed by atoms with Crippen LogP contribution < -0.4 is 5.32 Å². The van der Waals surface area contributed by atoms with Gasteiger partial charge in [-0.05, 0) is 44.4 Å². The fourth-order valence-electron chi connectivity index (χ4n) is 2.67. The van der Waals surface area contributed by atoms with Crippen LogP contribution in [-0.2, 0) is 16.0 Å². The SMILES string of the molecule is CC(C)(O)CCc1cccc(C(=O)NCCC(=O)N2CCOCC2)c1. The highest BCUT2D eigenvalue weighted by atomic mass is 16.5. The number of rotatable bonds is 7. The Morgan fingerprint density at radius 2 is 2.00 bits per heavy atom. The maximum atomic E-state index is 12.3. The summed E-state index contributed by atoms with van der Waals surface area (Å²) < 4.78 is 5.22. The highest BCUT2D eigenvalue weighted by molar-refractivity contribution is 5.94. The number of carbonyl (C=O) groups excluding carboxylic acids is 2. The van der Waals surface area contributed by atoms with E-state index in [2.05, 4.69) is 5.32 Å². The van der Waals surface area contributed by atoms with Crippen LogP contribution in [0.1, 0.15) is 42.6 Å². The average Bonchev–Trinajstić information content (AvgIpc) is 2.60. The van der Waals surface area contributed by atoms with Crippen LogP contribution in [0, 0.1) is 0 Å². The molecule has 0 saturated carbocycles. The predicted octanol–water partition coefficient (Wildman–Crippen LogP) is 1.37. The van der Waals surface area contributed by atoms with E-state index in [1.807, 2.05) is 18.2 Å². The van der Waals surface area contributed by atoms with E-state index >= 15 is 0 Å². The highest BCUT2D eigenvalue weighted by Crippen LogP contribution is 2.14. The van der Waals surface area contributed by atoms with Gasteiger partial charge in [-0.2, -0.15) is 0 Å². The fraction of sp³-hybridized carbons (Fsp3) is 0.579. The van der Waals surface area contributed by atoms with Crippen LogP contribution in [0.25, 0.3) is 0 Å². The molecule has 6 nitrogen and oxygen atoms in total. The molecule has 0 unspecified atom stereocenters. The Morgan fingerprint density at radius 1 is 1.28 bits per heavy atom. The van der Waals surface area contributed by atoms with Gasteiger partial charge in [0.15, 0.2) is 0 Å². The maximum absolute atomic E-state index is 12.3. The molecule has 0 bridgehead atoms. The predicted molar refractivity (Wildman–Crippen MR) is 95.4 cm³/mol. The summed E-state index contributed by atoms with van der Waals surface area (Å²) in [5, 5.41) is 12.6. The highest BCUT2D eigenvalue weighted by Gasteiger charge is 2.17. The van der Waals surface area contributed by atoms with E-state index in [1.165, 1.54) is 0 Å². The Hall–Kier alpha value is -1.92. The zero-order chi connectivity index (χ0) is 18.3. The first kappa shape index (κ1) is 19.4. The summed E-state index contributed by atoms with van der Waals surface area (Å²) >= 11 is 0. The van der Waals surface area contributed by atoms with E-state index < -0.39 is 5.60 Å². The van der Waals surface area contributed by atoms with E-state index in [1.54, 1.807) is 24.8 Å². The summed E-state index contributed by atoms with van der Waals surface area (Å²) in [6, 6.07) is 7.38. The minimum absolute atomic E-state index is 0.0440. The summed E-state index contributed by atoms with van der Waals surface area (Å²) in [7, 11) is 0. The number of nitrogens with zero attached hydrogens (tertiary/aromatic N) is 1. The molecular formula is C19H28N2O4. The first-order valence-electron chi connectivity index (χ1n) is 8.80. The monoisotopic (exact) mass is 348 g/mol. The van der Waals surface area contributed by atoms with Gasteiger partial charge in [-0.3, -0.25) is 9.59 Å². The normalized spacial score (nSPS) is 15.1. The van der Waals surface area contributed by atoms with E-state index in [-0.39, 0.29) is 11.8 Å². The van der Waals surface area contributed by atoms with E-state index in [9.17, 15) is 14.7 Å². The van der Waals surface area contributed by atoms with E-state index in [0.29, 0.717) is 57.7 Å². The molecule has 0 spiro atoms. The lowest BCUT2D eigenvalue weighted by atomic mass is 9.98. The first-order valence-corrected chi connectivity index (χ1v) is 8.80. The number of aliphatic hydroxyl groups is 1. The molecule has 1 aromatic carbocycles. The molecule has 1 fully saturated rings. The Kier molecular flexibility index (Phi) is 6.96. The van der Waals surface area contributed by atoms with Crippen molar-refractivity contribution >= 4 is 11.8 Å². The Labute approximate surface area is 149 Å². The molecule has 2 N–H and O–H groups in total. The molecule has 138 valence electrons. The summed E-state index contributed by atoms with van der Waals surface area (Å²) in [6.45, 7) is 6.27. The van der Waals surface area contributed by atoms with Crippen LogP contribution in [0.3, 0.4) is 0 Å². The molecule has 0 aliphatic carbocycles. The number of nitrogens with one attached hydrogen (secondary N) is 1. The number of amides is 2. The van der Waals surface area contributed by atoms with Gasteiger partial charge >= 0.3 is 0 Å². The van der Waals surface area contributed by atoms with Crippen LogP contribution in [0.2, 0.25) is 0 Å². The zero-order valence-corrected chi connectivity index (χ0v) is 15.1. The lowest BCUT2D eigenvalue weighted by molar-refractivity contribution is -0.135. The minimum atomic E-state index is -0.724. The third-order valence-corrected chi connectivity index (χ3v) is 4.20. The van der Waals surface area contributed by atoms with Crippen molar-refractivity contribution in [2.75, 3.05) is 32.8 Å². The number of hydrogen-bond donors (Lipinski definition) is 2. The van der Waals surface area contributed by atoms with Gasteiger partial charge in [0.2, 0.25) is 5.91 Å². The van der Waals surface area contributed by atoms with Crippen LogP contribution in [-0.4, -0.2) is 60.3 Å². The molecule has 1 heterocycles. The van der Waals surface area contributed by atoms with Gasteiger partial charge in [0, 0.05) is 31.6 Å². The van der Waals surface area contributed by atoms with Gasteiger partial charge in [0.25, 0.3) is 5.91 Å². The standard InChI is InChI=1S/C19H28N2O4/c1-19(2,24)8-6-15-4-3-5-16(14-15)18(23)20-9-7-17(22)21-10-12-25-13-11-21/h3-5,14,24H,6-13H2,1-2H3,(H,20,23). The van der Waals surface area contributed by atoms with Gasteiger partial charge < -0.3 is 20.1 Å². The second-order valence-electron chi connectivity index (χ2n) is 7.01. The van der Waals surface area contributed by atoms with Crippen LogP contribution in [0.4, 0.5) is 0 Å². The largest absolute Gasteiger partial charge is 0.390 e. The summed E-state index contributed by atoms with van der Waals surface area (Å²) in [6.07, 6.45) is 1.64. The Bertz CT molecular complexity index is 589. The number of hydrogen-bond acceptors (Lipinski definition) is 4. The van der Waals surface area contributed by atoms with Gasteiger partial charge in [0.05, 0.1) is 18.8 Å². The second-order valence-corrected chi connectivity index (χ2v) is 7.01. The third kappa shape index (κ3) is 6.84. The van der Waals surface area contributed by atoms with E-state index in [0.717, 1.165) is 5.56 Å². The van der Waals surface area contributed by atoms with Crippen molar-refractivity contribution < 1.29 is 19.4 Å². The molecule has 0 radical (unpaired) electrons. The molecule has 2 amide bonds. The van der Waals surface area contributed by atoms with E-state index in [4.69, 9.17) is 4.74 Å². The molecule has 1 aliphatic heterocycles. The number of carbonyl (C=O) groups is 2. The second kappa shape index (κ2) is 8.97. The third-order valence-electron chi connectivity index (χ3n) is 4.20. The van der Waals surface area contributed by atoms with Crippen molar-refractivity contribution in [1.82, 2.24) is 10.2 Å². The molecule has 2 rings (SSSR count). The summed E-state index contributed by atoms with van der Waals surface area (Å²) in [4.78, 5) is 26.1. The number of aryl methyl sites for hydroxylation is 1. The molecule has 1 saturated heterocycles. The quantitative estimate of drug-likeness (QED) is 0.780. The van der Waals surface area contributed by atoms with Crippen molar-refractivity contribution in [3.05, 3.63) is 35.4 Å². The molecule has 1 aliphatic rings. The van der Waals surface area contributed by atoms with Crippen LogP contribution in [0.15, 0.2) is 24.3 Å². The molecule has 6 heteroatoms. The average molecular weight is 348 g/mol. The summed E-state index contributed by atoms with van der Waals surface area (Å²) in [5.74, 6) is -0.137. The number of ether oxygens (including phenoxy) is 1. The smallest absolute Gasteiger partial charge is 0.251 e. The summed E-state index contributed by atoms with van der Waals surface area (Å²) in [5.41, 5.74) is 0.865. The Balaban J connectivity index is 1.79. The molecule has 25 heavy (non-hydrogen) atoms. The first-order chi connectivity index (χ1) is 11.8. The molecule has 1 aromatic rings. The van der Waals surface area contributed by atoms with Gasteiger partial charge in [-0.15, -0.1) is 0 Å². The van der Waals surface area contributed by atoms with Gasteiger partial charge in [-0.25, -0.2) is 0 Å². The van der Waals surface area contributed by atoms with Crippen molar-refractivity contribution in [2.24, 2.45) is 0 Å². The van der Waals surface area contributed by atoms with Crippen LogP contribution >= 0.6 is 0 Å². The van der Waals surface area contributed by atoms with Crippen LogP contribution in [0.5, 0.6) is 0 Å². The van der Waals surface area contributed by atoms with Gasteiger partial charge in [-0.1, -0.05) is 12.1 Å².